The fourth-order valence-electron chi connectivity index (χ4n) is 6.86. The van der Waals surface area contributed by atoms with Crippen molar-refractivity contribution < 1.29 is 0 Å². The third-order valence-corrected chi connectivity index (χ3v) is 9.33. The fourth-order valence-corrected chi connectivity index (χ4v) is 6.86. The Kier molecular flexibility index (Phi) is 9.97. The van der Waals surface area contributed by atoms with E-state index in [4.69, 9.17) is 4.98 Å². The summed E-state index contributed by atoms with van der Waals surface area (Å²) in [4.78, 5) is 5.43. The van der Waals surface area contributed by atoms with Gasteiger partial charge in [-0.05, 0) is 88.6 Å². The fraction of sp³-hybridized carbons (Fsp3) is 0.341. The smallest absolute Gasteiger partial charge is 0.0943 e. The molecule has 0 aliphatic carbocycles. The normalized spacial score (nSPS) is 12.4. The van der Waals surface area contributed by atoms with E-state index in [1.807, 2.05) is 0 Å². The molecule has 0 bridgehead atoms. The number of hydrogen-bond acceptors (Lipinski definition) is 2. The summed E-state index contributed by atoms with van der Waals surface area (Å²) in [6.07, 6.45) is 4.50. The molecule has 1 N–H and O–H groups in total. The first-order valence-corrected chi connectivity index (χ1v) is 16.4. The van der Waals surface area contributed by atoms with Gasteiger partial charge in [0.1, 0.15) is 0 Å². The second-order valence-electron chi connectivity index (χ2n) is 12.2. The minimum Gasteiger partial charge on any atom is -0.372 e. The van der Waals surface area contributed by atoms with Gasteiger partial charge in [-0.15, -0.1) is 0 Å². The lowest BCUT2D eigenvalue weighted by Gasteiger charge is -2.30. The zero-order valence-corrected chi connectivity index (χ0v) is 26.9. The first kappa shape index (κ1) is 30.5. The lowest BCUT2D eigenvalue weighted by atomic mass is 9.84. The van der Waals surface area contributed by atoms with Crippen LogP contribution in [0.3, 0.4) is 0 Å². The lowest BCUT2D eigenvalue weighted by Crippen LogP contribution is -2.20. The first-order chi connectivity index (χ1) is 21.0. The molecule has 0 saturated heterocycles. The van der Waals surface area contributed by atoms with E-state index in [1.54, 1.807) is 0 Å². The Labute approximate surface area is 259 Å². The van der Waals surface area contributed by atoms with Crippen molar-refractivity contribution in [2.24, 2.45) is 0 Å². The molecule has 1 atom stereocenters. The predicted octanol–water partition coefficient (Wildman–Crippen LogP) is 12.0. The van der Waals surface area contributed by atoms with Gasteiger partial charge in [0.15, 0.2) is 0 Å². The topological polar surface area (TPSA) is 24.9 Å². The van der Waals surface area contributed by atoms with Crippen molar-refractivity contribution >= 4 is 16.5 Å². The van der Waals surface area contributed by atoms with Crippen molar-refractivity contribution in [1.29, 1.82) is 0 Å². The maximum Gasteiger partial charge on any atom is 0.0943 e. The zero-order valence-electron chi connectivity index (χ0n) is 26.9. The summed E-state index contributed by atoms with van der Waals surface area (Å²) in [5.74, 6) is 1.41. The van der Waals surface area contributed by atoms with Crippen LogP contribution in [-0.2, 0) is 0 Å². The highest BCUT2D eigenvalue weighted by molar-refractivity contribution is 5.95. The monoisotopic (exact) mass is 568 g/mol. The summed E-state index contributed by atoms with van der Waals surface area (Å²) in [6, 6.07) is 37.5. The van der Waals surface area contributed by atoms with Crippen LogP contribution in [-0.4, -0.2) is 4.98 Å². The standard InChI is InChI=1S/C41H48N2/c1-7-29(8-2)34-23-16-24-35(30(9-3)10-4)40(34)43-41(37-22-14-13-20-32(37)28(5)6)39-27-17-26-38(42-39)36-25-15-19-31-18-11-12-21-33(31)36/h11-30,41,43H,7-10H2,1-6H3. The lowest BCUT2D eigenvalue weighted by molar-refractivity contribution is 0.624. The third-order valence-electron chi connectivity index (χ3n) is 9.33. The van der Waals surface area contributed by atoms with Crippen molar-refractivity contribution in [2.75, 3.05) is 5.32 Å². The van der Waals surface area contributed by atoms with Gasteiger partial charge in [-0.2, -0.15) is 0 Å². The number of hydrogen-bond donors (Lipinski definition) is 1. The van der Waals surface area contributed by atoms with Gasteiger partial charge in [-0.25, -0.2) is 0 Å². The Morgan fingerprint density at radius 3 is 1.74 bits per heavy atom. The number of nitrogens with zero attached hydrogens (tertiary/aromatic N) is 1. The number of fused-ring (bicyclic) bond motifs is 1. The Morgan fingerprint density at radius 2 is 1.09 bits per heavy atom. The number of benzene rings is 4. The van der Waals surface area contributed by atoms with E-state index in [0.29, 0.717) is 17.8 Å². The molecule has 0 saturated carbocycles. The molecule has 2 heteroatoms. The SMILES string of the molecule is CCC(CC)c1cccc(C(CC)CC)c1NC(c1cccc(-c2cccc3ccccc23)n1)c1ccccc1C(C)C. The van der Waals surface area contributed by atoms with Crippen molar-refractivity contribution in [1.82, 2.24) is 4.98 Å². The van der Waals surface area contributed by atoms with Crippen LogP contribution in [0.5, 0.6) is 0 Å². The van der Waals surface area contributed by atoms with Crippen LogP contribution >= 0.6 is 0 Å². The van der Waals surface area contributed by atoms with Crippen LogP contribution in [0.25, 0.3) is 22.0 Å². The molecular formula is C41H48N2. The quantitative estimate of drug-likeness (QED) is 0.162. The van der Waals surface area contributed by atoms with Gasteiger partial charge in [0, 0.05) is 11.3 Å². The van der Waals surface area contributed by atoms with E-state index in [2.05, 4.69) is 150 Å². The second-order valence-corrected chi connectivity index (χ2v) is 12.2. The van der Waals surface area contributed by atoms with Crippen LogP contribution in [0.2, 0.25) is 0 Å². The molecule has 4 aromatic carbocycles. The van der Waals surface area contributed by atoms with Crippen molar-refractivity contribution in [3.8, 4) is 11.3 Å². The molecule has 43 heavy (non-hydrogen) atoms. The number of rotatable bonds is 12. The molecule has 0 amide bonds. The molecule has 5 aromatic rings. The van der Waals surface area contributed by atoms with Crippen molar-refractivity contribution in [2.45, 2.75) is 91.0 Å². The number of aromatic nitrogens is 1. The molecule has 0 spiro atoms. The Hall–Kier alpha value is -3.91. The Balaban J connectivity index is 1.73. The zero-order chi connectivity index (χ0) is 30.3. The average Bonchev–Trinajstić information content (AvgIpc) is 3.05. The van der Waals surface area contributed by atoms with Gasteiger partial charge in [-0.3, -0.25) is 4.98 Å². The molecule has 222 valence electrons. The van der Waals surface area contributed by atoms with Gasteiger partial charge >= 0.3 is 0 Å². The average molecular weight is 569 g/mol. The summed E-state index contributed by atoms with van der Waals surface area (Å²) in [5, 5.41) is 6.67. The summed E-state index contributed by atoms with van der Waals surface area (Å²) >= 11 is 0. The van der Waals surface area contributed by atoms with E-state index in [-0.39, 0.29) is 6.04 Å². The molecule has 1 heterocycles. The molecule has 0 fully saturated rings. The molecule has 0 radical (unpaired) electrons. The van der Waals surface area contributed by atoms with Crippen molar-refractivity contribution in [3.05, 3.63) is 131 Å². The summed E-state index contributed by atoms with van der Waals surface area (Å²) in [5.41, 5.74) is 10.1. The van der Waals surface area contributed by atoms with Gasteiger partial charge < -0.3 is 5.32 Å². The highest BCUT2D eigenvalue weighted by Crippen LogP contribution is 2.41. The highest BCUT2D eigenvalue weighted by atomic mass is 15.0. The van der Waals surface area contributed by atoms with E-state index in [0.717, 1.165) is 37.1 Å². The molecule has 1 aromatic heterocycles. The van der Waals surface area contributed by atoms with E-state index in [9.17, 15) is 0 Å². The van der Waals surface area contributed by atoms with Crippen molar-refractivity contribution in [3.63, 3.8) is 0 Å². The number of anilines is 1. The molecular weight excluding hydrogens is 520 g/mol. The maximum atomic E-state index is 5.43. The van der Waals surface area contributed by atoms with Crippen LogP contribution in [0, 0.1) is 0 Å². The molecule has 2 nitrogen and oxygen atoms in total. The molecule has 0 aliphatic heterocycles. The van der Waals surface area contributed by atoms with Gasteiger partial charge in [0.05, 0.1) is 17.4 Å². The van der Waals surface area contributed by atoms with Crippen LogP contribution in [0.15, 0.2) is 103 Å². The van der Waals surface area contributed by atoms with Gasteiger partial charge in [0.25, 0.3) is 0 Å². The summed E-state index contributed by atoms with van der Waals surface area (Å²) in [6.45, 7) is 13.9. The van der Waals surface area contributed by atoms with Crippen LogP contribution in [0.1, 0.15) is 119 Å². The number of para-hydroxylation sites is 1. The van der Waals surface area contributed by atoms with Crippen LogP contribution in [0.4, 0.5) is 5.69 Å². The molecule has 1 unspecified atom stereocenters. The van der Waals surface area contributed by atoms with E-state index in [1.165, 1.54) is 44.3 Å². The van der Waals surface area contributed by atoms with Gasteiger partial charge in [-0.1, -0.05) is 133 Å². The summed E-state index contributed by atoms with van der Waals surface area (Å²) in [7, 11) is 0. The minimum absolute atomic E-state index is 0.0860. The number of pyridine rings is 1. The minimum atomic E-state index is -0.0860. The van der Waals surface area contributed by atoms with Gasteiger partial charge in [0.2, 0.25) is 0 Å². The Morgan fingerprint density at radius 1 is 0.558 bits per heavy atom. The third kappa shape index (κ3) is 6.39. The van der Waals surface area contributed by atoms with E-state index < -0.39 is 0 Å². The Bertz CT molecular complexity index is 1610. The highest BCUT2D eigenvalue weighted by Gasteiger charge is 2.26. The first-order valence-electron chi connectivity index (χ1n) is 16.4. The molecule has 5 rings (SSSR count). The maximum absolute atomic E-state index is 5.43. The summed E-state index contributed by atoms with van der Waals surface area (Å²) < 4.78 is 0. The molecule has 0 aliphatic rings. The number of nitrogens with one attached hydrogen (secondary N) is 1. The van der Waals surface area contributed by atoms with Crippen LogP contribution < -0.4 is 5.32 Å². The predicted molar refractivity (Wildman–Crippen MR) is 186 cm³/mol. The van der Waals surface area contributed by atoms with E-state index >= 15 is 0 Å². The second kappa shape index (κ2) is 14.0. The largest absolute Gasteiger partial charge is 0.372 e.